The molecule has 0 spiro atoms. The summed E-state index contributed by atoms with van der Waals surface area (Å²) >= 11 is 0. The largest absolute Gasteiger partial charge is 0.354 e. The zero-order valence-electron chi connectivity index (χ0n) is 14.7. The van der Waals surface area contributed by atoms with Crippen LogP contribution in [0.5, 0.6) is 0 Å². The van der Waals surface area contributed by atoms with Crippen LogP contribution in [0.25, 0.3) is 11.1 Å². The predicted octanol–water partition coefficient (Wildman–Crippen LogP) is 3.09. The van der Waals surface area contributed by atoms with Crippen LogP contribution in [0.3, 0.4) is 0 Å². The van der Waals surface area contributed by atoms with E-state index in [9.17, 15) is 14.0 Å². The van der Waals surface area contributed by atoms with Gasteiger partial charge in [0.15, 0.2) is 0 Å². The molecule has 1 aliphatic rings. The first-order chi connectivity index (χ1) is 12.5. The van der Waals surface area contributed by atoms with E-state index in [1.54, 1.807) is 17.0 Å². The molecule has 1 heterocycles. The number of hydrogen-bond donors (Lipinski definition) is 2. The first kappa shape index (κ1) is 17.9. The second kappa shape index (κ2) is 7.99. The van der Waals surface area contributed by atoms with Crippen molar-refractivity contribution < 1.29 is 14.0 Å². The lowest BCUT2D eigenvalue weighted by Crippen LogP contribution is -2.42. The number of hydrogen-bond acceptors (Lipinski definition) is 2. The van der Waals surface area contributed by atoms with Crippen molar-refractivity contribution in [3.63, 3.8) is 0 Å². The molecule has 1 unspecified atom stereocenters. The van der Waals surface area contributed by atoms with Gasteiger partial charge in [-0.15, -0.1) is 0 Å². The maximum absolute atomic E-state index is 13.0. The highest BCUT2D eigenvalue weighted by Gasteiger charge is 2.20. The van der Waals surface area contributed by atoms with Crippen LogP contribution in [0.1, 0.15) is 24.9 Å². The Morgan fingerprint density at radius 1 is 1.08 bits per heavy atom. The van der Waals surface area contributed by atoms with Gasteiger partial charge in [0.1, 0.15) is 5.82 Å². The van der Waals surface area contributed by atoms with Gasteiger partial charge in [-0.05, 0) is 35.7 Å². The van der Waals surface area contributed by atoms with E-state index in [2.05, 4.69) is 10.6 Å². The number of rotatable bonds is 3. The summed E-state index contributed by atoms with van der Waals surface area (Å²) in [6.45, 7) is 3.33. The van der Waals surface area contributed by atoms with Crippen molar-refractivity contribution in [2.45, 2.75) is 19.4 Å². The van der Waals surface area contributed by atoms with Crippen molar-refractivity contribution >= 4 is 11.9 Å². The molecule has 1 fully saturated rings. The van der Waals surface area contributed by atoms with Gasteiger partial charge in [-0.25, -0.2) is 9.18 Å². The van der Waals surface area contributed by atoms with Crippen molar-refractivity contribution in [1.29, 1.82) is 0 Å². The van der Waals surface area contributed by atoms with Crippen molar-refractivity contribution in [3.05, 3.63) is 59.9 Å². The van der Waals surface area contributed by atoms with Gasteiger partial charge >= 0.3 is 6.03 Å². The van der Waals surface area contributed by atoms with Crippen molar-refractivity contribution in [1.82, 2.24) is 15.5 Å². The summed E-state index contributed by atoms with van der Waals surface area (Å²) < 4.78 is 13.0. The third-order valence-corrected chi connectivity index (χ3v) is 4.53. The Bertz CT molecular complexity index is 775. The third kappa shape index (κ3) is 4.39. The number of halogens is 1. The molecule has 1 atom stereocenters. The first-order valence-corrected chi connectivity index (χ1v) is 8.71. The molecular formula is C20H22FN3O2. The quantitative estimate of drug-likeness (QED) is 0.889. The molecule has 1 aliphatic heterocycles. The Kier molecular flexibility index (Phi) is 5.51. The third-order valence-electron chi connectivity index (χ3n) is 4.53. The maximum atomic E-state index is 13.0. The van der Waals surface area contributed by atoms with E-state index in [1.807, 2.05) is 31.2 Å². The average Bonchev–Trinajstić information content (AvgIpc) is 2.87. The molecule has 3 amide bonds. The summed E-state index contributed by atoms with van der Waals surface area (Å²) in [5.74, 6) is -0.281. The lowest BCUT2D eigenvalue weighted by atomic mass is 10.0. The van der Waals surface area contributed by atoms with Gasteiger partial charge < -0.3 is 15.5 Å². The number of carbonyl (C=O) groups excluding carboxylic acids is 2. The van der Waals surface area contributed by atoms with E-state index in [1.165, 1.54) is 12.1 Å². The molecule has 0 saturated carbocycles. The van der Waals surface area contributed by atoms with E-state index in [0.29, 0.717) is 26.1 Å². The van der Waals surface area contributed by atoms with Gasteiger partial charge in [-0.3, -0.25) is 4.79 Å². The molecule has 1 saturated heterocycles. The number of nitrogens with zero attached hydrogens (tertiary/aromatic N) is 1. The van der Waals surface area contributed by atoms with Gasteiger partial charge in [-0.2, -0.15) is 0 Å². The zero-order chi connectivity index (χ0) is 18.5. The van der Waals surface area contributed by atoms with E-state index in [-0.39, 0.29) is 23.8 Å². The molecule has 0 radical (unpaired) electrons. The fourth-order valence-electron chi connectivity index (χ4n) is 2.94. The van der Waals surface area contributed by atoms with Crippen molar-refractivity contribution in [2.75, 3.05) is 19.6 Å². The fraction of sp³-hybridized carbons (Fsp3) is 0.300. The van der Waals surface area contributed by atoms with Gasteiger partial charge in [0.2, 0.25) is 5.91 Å². The Balaban J connectivity index is 1.62. The Labute approximate surface area is 152 Å². The topological polar surface area (TPSA) is 61.4 Å². The highest BCUT2D eigenvalue weighted by molar-refractivity contribution is 5.79. The summed E-state index contributed by atoms with van der Waals surface area (Å²) in [7, 11) is 0. The Morgan fingerprint density at radius 3 is 2.35 bits per heavy atom. The minimum atomic E-state index is -0.257. The first-order valence-electron chi connectivity index (χ1n) is 8.71. The van der Waals surface area contributed by atoms with Crippen LogP contribution in [0.15, 0.2) is 48.5 Å². The minimum absolute atomic E-state index is 0.0234. The summed E-state index contributed by atoms with van der Waals surface area (Å²) in [6.07, 6.45) is 0.328. The molecule has 2 aromatic rings. The maximum Gasteiger partial charge on any atom is 0.317 e. The smallest absolute Gasteiger partial charge is 0.317 e. The predicted molar refractivity (Wildman–Crippen MR) is 98.0 cm³/mol. The Morgan fingerprint density at radius 2 is 1.69 bits per heavy atom. The van der Waals surface area contributed by atoms with Gasteiger partial charge in [0.05, 0.1) is 6.04 Å². The molecule has 2 aromatic carbocycles. The highest BCUT2D eigenvalue weighted by Crippen LogP contribution is 2.22. The van der Waals surface area contributed by atoms with Crippen LogP contribution in [-0.2, 0) is 4.79 Å². The monoisotopic (exact) mass is 355 g/mol. The minimum Gasteiger partial charge on any atom is -0.354 e. The molecule has 0 aromatic heterocycles. The summed E-state index contributed by atoms with van der Waals surface area (Å²) in [4.78, 5) is 25.4. The average molecular weight is 355 g/mol. The standard InChI is InChI=1S/C20H22FN3O2/c1-14(23-20(26)24-12-10-19(25)22-11-13-24)15-2-4-16(5-3-15)17-6-8-18(21)9-7-17/h2-9,14H,10-13H2,1H3,(H,22,25)(H,23,26). The number of benzene rings is 2. The van der Waals surface area contributed by atoms with Crippen LogP contribution in [0, 0.1) is 5.82 Å². The lowest BCUT2D eigenvalue weighted by molar-refractivity contribution is -0.120. The summed E-state index contributed by atoms with van der Waals surface area (Å²) in [5, 5.41) is 5.73. The van der Waals surface area contributed by atoms with Crippen LogP contribution >= 0.6 is 0 Å². The normalized spacial score (nSPS) is 15.8. The summed E-state index contributed by atoms with van der Waals surface area (Å²) in [5.41, 5.74) is 2.91. The number of urea groups is 1. The van der Waals surface area contributed by atoms with E-state index in [4.69, 9.17) is 0 Å². The molecule has 6 heteroatoms. The second-order valence-corrected chi connectivity index (χ2v) is 6.39. The van der Waals surface area contributed by atoms with Gasteiger partial charge in [0.25, 0.3) is 0 Å². The van der Waals surface area contributed by atoms with Crippen LogP contribution in [-0.4, -0.2) is 36.5 Å². The van der Waals surface area contributed by atoms with E-state index in [0.717, 1.165) is 16.7 Å². The second-order valence-electron chi connectivity index (χ2n) is 6.39. The number of carbonyl (C=O) groups is 2. The van der Waals surface area contributed by atoms with E-state index >= 15 is 0 Å². The molecular weight excluding hydrogens is 333 g/mol. The van der Waals surface area contributed by atoms with E-state index < -0.39 is 0 Å². The lowest BCUT2D eigenvalue weighted by Gasteiger charge is -2.23. The van der Waals surface area contributed by atoms with Crippen LogP contribution < -0.4 is 10.6 Å². The molecule has 2 N–H and O–H groups in total. The zero-order valence-corrected chi connectivity index (χ0v) is 14.7. The fourth-order valence-corrected chi connectivity index (χ4v) is 2.94. The molecule has 5 nitrogen and oxygen atoms in total. The summed E-state index contributed by atoms with van der Waals surface area (Å²) in [6, 6.07) is 13.9. The number of nitrogens with one attached hydrogen (secondary N) is 2. The van der Waals surface area contributed by atoms with Gasteiger partial charge in [-0.1, -0.05) is 36.4 Å². The molecule has 3 rings (SSSR count). The van der Waals surface area contributed by atoms with Gasteiger partial charge in [0, 0.05) is 26.1 Å². The molecule has 136 valence electrons. The van der Waals surface area contributed by atoms with Crippen LogP contribution in [0.2, 0.25) is 0 Å². The molecule has 26 heavy (non-hydrogen) atoms. The Hall–Kier alpha value is -2.89. The SMILES string of the molecule is CC(NC(=O)N1CCNC(=O)CC1)c1ccc(-c2ccc(F)cc2)cc1. The molecule has 0 aliphatic carbocycles. The van der Waals surface area contributed by atoms with Crippen molar-refractivity contribution in [3.8, 4) is 11.1 Å². The van der Waals surface area contributed by atoms with Crippen molar-refractivity contribution in [2.24, 2.45) is 0 Å². The van der Waals surface area contributed by atoms with Crippen LogP contribution in [0.4, 0.5) is 9.18 Å². The highest BCUT2D eigenvalue weighted by atomic mass is 19.1. The number of amides is 3. The molecule has 0 bridgehead atoms.